The van der Waals surface area contributed by atoms with Crippen LogP contribution < -0.4 is 15.4 Å². The zero-order valence-corrected chi connectivity index (χ0v) is 16.9. The summed E-state index contributed by atoms with van der Waals surface area (Å²) in [5.74, 6) is 1.25. The number of aryl methyl sites for hydroxylation is 1. The van der Waals surface area contributed by atoms with Gasteiger partial charge >= 0.3 is 0 Å². The van der Waals surface area contributed by atoms with E-state index in [0.717, 1.165) is 23.2 Å². The van der Waals surface area contributed by atoms with Gasteiger partial charge in [0.25, 0.3) is 0 Å². The molecule has 0 atom stereocenters. The maximum absolute atomic E-state index is 11.7. The summed E-state index contributed by atoms with van der Waals surface area (Å²) in [5, 5.41) is 6.45. The van der Waals surface area contributed by atoms with E-state index in [4.69, 9.17) is 4.74 Å². The molecule has 0 aliphatic carbocycles. The summed E-state index contributed by atoms with van der Waals surface area (Å²) >= 11 is 0. The summed E-state index contributed by atoms with van der Waals surface area (Å²) in [7, 11) is -1.62. The minimum Gasteiger partial charge on any atom is -0.481 e. The summed E-state index contributed by atoms with van der Waals surface area (Å²) in [6.07, 6.45) is 2.95. The molecule has 0 saturated carbocycles. The highest BCUT2D eigenvalue weighted by Crippen LogP contribution is 2.16. The van der Waals surface area contributed by atoms with Crippen LogP contribution in [-0.2, 0) is 22.9 Å². The third kappa shape index (κ3) is 6.25. The van der Waals surface area contributed by atoms with Crippen molar-refractivity contribution in [3.63, 3.8) is 0 Å². The molecular weight excluding hydrogens is 364 g/mol. The van der Waals surface area contributed by atoms with Crippen molar-refractivity contribution in [1.82, 2.24) is 15.6 Å². The molecule has 8 heteroatoms. The second kappa shape index (κ2) is 9.36. The van der Waals surface area contributed by atoms with Gasteiger partial charge < -0.3 is 15.4 Å². The van der Waals surface area contributed by atoms with Crippen molar-refractivity contribution in [3.05, 3.63) is 53.2 Å². The van der Waals surface area contributed by atoms with E-state index in [1.807, 2.05) is 25.1 Å². The average Bonchev–Trinajstić information content (AvgIpc) is 2.63. The summed E-state index contributed by atoms with van der Waals surface area (Å²) < 4.78 is 28.5. The molecule has 2 rings (SSSR count). The van der Waals surface area contributed by atoms with Crippen LogP contribution in [0, 0.1) is 6.92 Å². The fourth-order valence-electron chi connectivity index (χ4n) is 2.56. The Morgan fingerprint density at radius 2 is 1.93 bits per heavy atom. The van der Waals surface area contributed by atoms with Crippen LogP contribution in [0.15, 0.2) is 46.4 Å². The van der Waals surface area contributed by atoms with Gasteiger partial charge in [-0.25, -0.2) is 18.4 Å². The van der Waals surface area contributed by atoms with Gasteiger partial charge in [0, 0.05) is 31.6 Å². The van der Waals surface area contributed by atoms with Crippen molar-refractivity contribution >= 4 is 15.8 Å². The number of hydrogen-bond donors (Lipinski definition) is 2. The highest BCUT2D eigenvalue weighted by molar-refractivity contribution is 7.90. The van der Waals surface area contributed by atoms with E-state index in [1.165, 1.54) is 6.26 Å². The molecule has 0 spiro atoms. The van der Waals surface area contributed by atoms with Gasteiger partial charge in [-0.1, -0.05) is 18.2 Å². The number of aliphatic imine (C=N–C) groups is 1. The predicted octanol–water partition coefficient (Wildman–Crippen LogP) is 2.06. The van der Waals surface area contributed by atoms with Crippen LogP contribution >= 0.6 is 0 Å². The van der Waals surface area contributed by atoms with Crippen LogP contribution in [0.5, 0.6) is 5.88 Å². The molecule has 146 valence electrons. The molecule has 0 aliphatic heterocycles. The minimum atomic E-state index is -3.21. The molecule has 0 unspecified atom stereocenters. The Bertz CT molecular complexity index is 894. The van der Waals surface area contributed by atoms with Crippen molar-refractivity contribution in [1.29, 1.82) is 0 Å². The molecule has 2 N–H and O–H groups in total. The molecule has 1 aromatic heterocycles. The maximum atomic E-state index is 11.7. The first-order chi connectivity index (χ1) is 12.8. The van der Waals surface area contributed by atoms with Crippen molar-refractivity contribution in [2.45, 2.75) is 31.8 Å². The molecule has 7 nitrogen and oxygen atoms in total. The van der Waals surface area contributed by atoms with E-state index in [2.05, 4.69) is 20.6 Å². The molecule has 1 aromatic carbocycles. The fraction of sp³-hybridized carbons (Fsp3) is 0.368. The molecule has 0 aliphatic rings. The first-order valence-corrected chi connectivity index (χ1v) is 10.5. The molecule has 27 heavy (non-hydrogen) atoms. The SMILES string of the molecule is CCNC(=NCc1ccc(OC)nc1)NCc1ccc(S(C)(=O)=O)c(C)c1. The summed E-state index contributed by atoms with van der Waals surface area (Å²) in [6.45, 7) is 5.56. The highest BCUT2D eigenvalue weighted by atomic mass is 32.2. The monoisotopic (exact) mass is 390 g/mol. The third-order valence-corrected chi connectivity index (χ3v) is 5.13. The number of nitrogens with zero attached hydrogens (tertiary/aromatic N) is 2. The van der Waals surface area contributed by atoms with E-state index in [-0.39, 0.29) is 0 Å². The summed E-state index contributed by atoms with van der Waals surface area (Å²) in [5.41, 5.74) is 2.70. The third-order valence-electron chi connectivity index (χ3n) is 3.87. The Labute approximate surface area is 160 Å². The normalized spacial score (nSPS) is 11.9. The van der Waals surface area contributed by atoms with Crippen LogP contribution in [-0.4, -0.2) is 39.3 Å². The lowest BCUT2D eigenvalue weighted by Crippen LogP contribution is -2.36. The molecule has 1 heterocycles. The molecule has 0 amide bonds. The van der Waals surface area contributed by atoms with Crippen molar-refractivity contribution in [2.75, 3.05) is 19.9 Å². The average molecular weight is 391 g/mol. The Morgan fingerprint density at radius 1 is 1.19 bits per heavy atom. The molecule has 0 radical (unpaired) electrons. The van der Waals surface area contributed by atoms with Crippen molar-refractivity contribution in [2.24, 2.45) is 4.99 Å². The van der Waals surface area contributed by atoms with Crippen LogP contribution in [0.25, 0.3) is 0 Å². The number of benzene rings is 1. The van der Waals surface area contributed by atoms with Crippen LogP contribution in [0.2, 0.25) is 0 Å². The standard InChI is InChI=1S/C19H26N4O3S/c1-5-20-19(23-13-16-7-9-18(26-3)21-12-16)22-11-15-6-8-17(14(2)10-15)27(4,24)25/h6-10,12H,5,11,13H2,1-4H3,(H2,20,22,23). The Morgan fingerprint density at radius 3 is 2.48 bits per heavy atom. The van der Waals surface area contributed by atoms with Crippen LogP contribution in [0.3, 0.4) is 0 Å². The second-order valence-electron chi connectivity index (χ2n) is 6.13. The number of ether oxygens (including phenoxy) is 1. The van der Waals surface area contributed by atoms with Gasteiger partial charge in [0.15, 0.2) is 15.8 Å². The lowest BCUT2D eigenvalue weighted by Gasteiger charge is -2.12. The van der Waals surface area contributed by atoms with Crippen molar-refractivity contribution < 1.29 is 13.2 Å². The van der Waals surface area contributed by atoms with Crippen molar-refractivity contribution in [3.8, 4) is 5.88 Å². The molecule has 0 bridgehead atoms. The zero-order valence-electron chi connectivity index (χ0n) is 16.1. The van der Waals surface area contributed by atoms with Gasteiger partial charge in [0.05, 0.1) is 18.6 Å². The Hall–Kier alpha value is -2.61. The van der Waals surface area contributed by atoms with Gasteiger partial charge in [-0.3, -0.25) is 0 Å². The van der Waals surface area contributed by atoms with Gasteiger partial charge in [0.1, 0.15) is 0 Å². The second-order valence-corrected chi connectivity index (χ2v) is 8.11. The summed E-state index contributed by atoms with van der Waals surface area (Å²) in [6, 6.07) is 9.06. The lowest BCUT2D eigenvalue weighted by molar-refractivity contribution is 0.397. The number of guanidine groups is 1. The number of sulfone groups is 1. The number of methoxy groups -OCH3 is 1. The van der Waals surface area contributed by atoms with E-state index >= 15 is 0 Å². The summed E-state index contributed by atoms with van der Waals surface area (Å²) in [4.78, 5) is 9.08. The number of hydrogen-bond acceptors (Lipinski definition) is 5. The van der Waals surface area contributed by atoms with Crippen LogP contribution in [0.4, 0.5) is 0 Å². The zero-order chi connectivity index (χ0) is 19.9. The van der Waals surface area contributed by atoms with Gasteiger partial charge in [-0.05, 0) is 36.6 Å². The minimum absolute atomic E-state index is 0.360. The topological polar surface area (TPSA) is 92.7 Å². The molecule has 0 saturated heterocycles. The highest BCUT2D eigenvalue weighted by Gasteiger charge is 2.11. The fourth-order valence-corrected chi connectivity index (χ4v) is 3.52. The quantitative estimate of drug-likeness (QED) is 0.555. The maximum Gasteiger partial charge on any atom is 0.212 e. The predicted molar refractivity (Wildman–Crippen MR) is 107 cm³/mol. The van der Waals surface area contributed by atoms with Gasteiger partial charge in [0.2, 0.25) is 5.88 Å². The number of pyridine rings is 1. The van der Waals surface area contributed by atoms with E-state index in [9.17, 15) is 8.42 Å². The van der Waals surface area contributed by atoms with E-state index in [0.29, 0.717) is 29.8 Å². The first kappa shape index (κ1) is 20.7. The van der Waals surface area contributed by atoms with Gasteiger partial charge in [-0.2, -0.15) is 0 Å². The largest absolute Gasteiger partial charge is 0.481 e. The smallest absolute Gasteiger partial charge is 0.212 e. The van der Waals surface area contributed by atoms with Gasteiger partial charge in [-0.15, -0.1) is 0 Å². The molecule has 0 fully saturated rings. The molecule has 2 aromatic rings. The Kier molecular flexibility index (Phi) is 7.18. The first-order valence-electron chi connectivity index (χ1n) is 8.64. The number of nitrogens with one attached hydrogen (secondary N) is 2. The lowest BCUT2D eigenvalue weighted by atomic mass is 10.1. The van der Waals surface area contributed by atoms with Crippen LogP contribution in [0.1, 0.15) is 23.6 Å². The Balaban J connectivity index is 2.04. The number of aromatic nitrogens is 1. The van der Waals surface area contributed by atoms with E-state index < -0.39 is 9.84 Å². The van der Waals surface area contributed by atoms with E-state index in [1.54, 1.807) is 32.4 Å². The number of rotatable bonds is 7. The molecular formula is C19H26N4O3S.